The predicted octanol–water partition coefficient (Wildman–Crippen LogP) is 1.24. The van der Waals surface area contributed by atoms with Crippen LogP contribution in [-0.2, 0) is 4.74 Å². The fourth-order valence-corrected chi connectivity index (χ4v) is 2.36. The Morgan fingerprint density at radius 2 is 1.93 bits per heavy atom. The van der Waals surface area contributed by atoms with Crippen LogP contribution in [0.5, 0.6) is 0 Å². The Hall–Kier alpha value is -0.120. The van der Waals surface area contributed by atoms with E-state index >= 15 is 0 Å². The second-order valence-corrected chi connectivity index (χ2v) is 4.94. The number of rotatable bonds is 6. The van der Waals surface area contributed by atoms with Gasteiger partial charge >= 0.3 is 0 Å². The molecule has 2 unspecified atom stereocenters. The maximum Gasteiger partial charge on any atom is 0.0707 e. The Bertz CT molecular complexity index is 194. The van der Waals surface area contributed by atoms with Gasteiger partial charge in [0, 0.05) is 19.1 Å². The molecule has 1 aliphatic heterocycles. The summed E-state index contributed by atoms with van der Waals surface area (Å²) in [5, 5.41) is 3.36. The van der Waals surface area contributed by atoms with E-state index in [4.69, 9.17) is 4.74 Å². The first-order chi connectivity index (χ1) is 7.29. The Balaban J connectivity index is 1.63. The molecule has 0 aromatic rings. The third-order valence-electron chi connectivity index (χ3n) is 3.48. The summed E-state index contributed by atoms with van der Waals surface area (Å²) < 4.78 is 6.01. The average Bonchev–Trinajstić information content (AvgIpc) is 2.99. The first-order valence-corrected chi connectivity index (χ1v) is 6.36. The number of hydrogen-bond acceptors (Lipinski definition) is 3. The van der Waals surface area contributed by atoms with Crippen molar-refractivity contribution < 1.29 is 4.74 Å². The van der Waals surface area contributed by atoms with Crippen molar-refractivity contribution in [1.29, 1.82) is 0 Å². The Kier molecular flexibility index (Phi) is 4.00. The average molecular weight is 212 g/mol. The molecule has 1 heterocycles. The molecular formula is C12H24N2O. The number of nitrogens with zero attached hydrogens (tertiary/aromatic N) is 1. The zero-order valence-corrected chi connectivity index (χ0v) is 10.0. The first kappa shape index (κ1) is 11.4. The van der Waals surface area contributed by atoms with Crippen LogP contribution in [0.2, 0.25) is 0 Å². The molecule has 3 nitrogen and oxygen atoms in total. The van der Waals surface area contributed by atoms with Gasteiger partial charge in [0.15, 0.2) is 0 Å². The minimum atomic E-state index is 0.461. The van der Waals surface area contributed by atoms with E-state index in [0.717, 1.165) is 25.7 Å². The zero-order chi connectivity index (χ0) is 10.7. The minimum Gasteiger partial charge on any atom is -0.372 e. The lowest BCUT2D eigenvalue weighted by molar-refractivity contribution is 0.0269. The van der Waals surface area contributed by atoms with Crippen LogP contribution in [0.15, 0.2) is 0 Å². The highest BCUT2D eigenvalue weighted by atomic mass is 16.5. The van der Waals surface area contributed by atoms with Crippen molar-refractivity contribution in [3.05, 3.63) is 0 Å². The summed E-state index contributed by atoms with van der Waals surface area (Å²) in [7, 11) is 2.23. The maximum atomic E-state index is 6.01. The molecule has 0 bridgehead atoms. The van der Waals surface area contributed by atoms with E-state index in [-0.39, 0.29) is 0 Å². The molecule has 88 valence electrons. The molecular weight excluding hydrogens is 188 g/mol. The highest BCUT2D eigenvalue weighted by Crippen LogP contribution is 2.27. The number of likely N-dealkylation sites (N-methyl/N-ethyl adjacent to an activating group) is 2. The SMILES string of the molecule is CCNCC1CCC(CN(C)C2CC2)O1. The molecule has 1 saturated heterocycles. The molecule has 1 N–H and O–H groups in total. The van der Waals surface area contributed by atoms with Crippen LogP contribution in [0.3, 0.4) is 0 Å². The van der Waals surface area contributed by atoms with Gasteiger partial charge in [-0.25, -0.2) is 0 Å². The van der Waals surface area contributed by atoms with Gasteiger partial charge in [-0.3, -0.25) is 0 Å². The van der Waals surface area contributed by atoms with Gasteiger partial charge in [-0.2, -0.15) is 0 Å². The summed E-state index contributed by atoms with van der Waals surface area (Å²) >= 11 is 0. The lowest BCUT2D eigenvalue weighted by atomic mass is 10.2. The van der Waals surface area contributed by atoms with Crippen LogP contribution in [0.25, 0.3) is 0 Å². The highest BCUT2D eigenvalue weighted by molar-refractivity contribution is 4.85. The molecule has 0 radical (unpaired) electrons. The second kappa shape index (κ2) is 5.28. The molecule has 0 aromatic carbocycles. The van der Waals surface area contributed by atoms with Gasteiger partial charge in [-0.05, 0) is 39.3 Å². The van der Waals surface area contributed by atoms with Crippen LogP contribution >= 0.6 is 0 Å². The van der Waals surface area contributed by atoms with Crippen molar-refractivity contribution >= 4 is 0 Å². The molecule has 0 aromatic heterocycles. The van der Waals surface area contributed by atoms with E-state index in [9.17, 15) is 0 Å². The van der Waals surface area contributed by atoms with Gasteiger partial charge in [-0.1, -0.05) is 6.92 Å². The molecule has 3 heteroatoms. The third kappa shape index (κ3) is 3.44. The van der Waals surface area contributed by atoms with Gasteiger partial charge in [0.05, 0.1) is 12.2 Å². The Morgan fingerprint density at radius 3 is 2.60 bits per heavy atom. The molecule has 2 atom stereocenters. The molecule has 1 aliphatic carbocycles. The van der Waals surface area contributed by atoms with Gasteiger partial charge in [0.2, 0.25) is 0 Å². The van der Waals surface area contributed by atoms with Gasteiger partial charge in [0.1, 0.15) is 0 Å². The number of nitrogens with one attached hydrogen (secondary N) is 1. The second-order valence-electron chi connectivity index (χ2n) is 4.94. The lowest BCUT2D eigenvalue weighted by Crippen LogP contribution is -2.32. The van der Waals surface area contributed by atoms with Crippen molar-refractivity contribution in [3.63, 3.8) is 0 Å². The van der Waals surface area contributed by atoms with E-state index in [0.29, 0.717) is 12.2 Å². The summed E-state index contributed by atoms with van der Waals surface area (Å²) in [6, 6.07) is 0.862. The summed E-state index contributed by atoms with van der Waals surface area (Å²) in [6.07, 6.45) is 6.21. The van der Waals surface area contributed by atoms with E-state index in [1.54, 1.807) is 0 Å². The smallest absolute Gasteiger partial charge is 0.0707 e. The van der Waals surface area contributed by atoms with Crippen molar-refractivity contribution in [2.24, 2.45) is 0 Å². The van der Waals surface area contributed by atoms with Crippen molar-refractivity contribution in [2.75, 3.05) is 26.7 Å². The molecule has 2 rings (SSSR count). The molecule has 15 heavy (non-hydrogen) atoms. The normalized spacial score (nSPS) is 31.4. The molecule has 2 aliphatic rings. The Labute approximate surface area is 93.2 Å². The summed E-state index contributed by atoms with van der Waals surface area (Å²) in [4.78, 5) is 2.47. The van der Waals surface area contributed by atoms with E-state index in [1.807, 2.05) is 0 Å². The fraction of sp³-hybridized carbons (Fsp3) is 1.00. The van der Waals surface area contributed by atoms with Crippen molar-refractivity contribution in [2.45, 2.75) is 50.9 Å². The molecule has 0 spiro atoms. The van der Waals surface area contributed by atoms with E-state index < -0.39 is 0 Å². The quantitative estimate of drug-likeness (QED) is 0.717. The minimum absolute atomic E-state index is 0.461. The number of ether oxygens (including phenoxy) is 1. The standard InChI is InChI=1S/C12H24N2O/c1-3-13-8-11-6-7-12(15-11)9-14(2)10-4-5-10/h10-13H,3-9H2,1-2H3. The maximum absolute atomic E-state index is 6.01. The summed E-state index contributed by atoms with van der Waals surface area (Å²) in [5.74, 6) is 0. The van der Waals surface area contributed by atoms with Gasteiger partial charge in [0.25, 0.3) is 0 Å². The van der Waals surface area contributed by atoms with Crippen LogP contribution in [-0.4, -0.2) is 49.8 Å². The first-order valence-electron chi connectivity index (χ1n) is 6.36. The summed E-state index contributed by atoms with van der Waals surface area (Å²) in [5.41, 5.74) is 0. The summed E-state index contributed by atoms with van der Waals surface area (Å²) in [6.45, 7) is 5.35. The van der Waals surface area contributed by atoms with Crippen LogP contribution < -0.4 is 5.32 Å². The fourth-order valence-electron chi connectivity index (χ4n) is 2.36. The Morgan fingerprint density at radius 1 is 1.20 bits per heavy atom. The van der Waals surface area contributed by atoms with Gasteiger partial charge in [-0.15, -0.1) is 0 Å². The monoisotopic (exact) mass is 212 g/mol. The lowest BCUT2D eigenvalue weighted by Gasteiger charge is -2.21. The highest BCUT2D eigenvalue weighted by Gasteiger charge is 2.31. The van der Waals surface area contributed by atoms with E-state index in [1.165, 1.54) is 25.7 Å². The largest absolute Gasteiger partial charge is 0.372 e. The van der Waals surface area contributed by atoms with Crippen LogP contribution in [0.4, 0.5) is 0 Å². The third-order valence-corrected chi connectivity index (χ3v) is 3.48. The molecule has 2 fully saturated rings. The van der Waals surface area contributed by atoms with Gasteiger partial charge < -0.3 is 15.0 Å². The van der Waals surface area contributed by atoms with E-state index in [2.05, 4.69) is 24.2 Å². The predicted molar refractivity (Wildman–Crippen MR) is 62.1 cm³/mol. The molecule has 0 amide bonds. The topological polar surface area (TPSA) is 24.5 Å². The van der Waals surface area contributed by atoms with Crippen molar-refractivity contribution in [3.8, 4) is 0 Å². The van der Waals surface area contributed by atoms with Crippen LogP contribution in [0.1, 0.15) is 32.6 Å². The molecule has 1 saturated carbocycles. The number of hydrogen-bond donors (Lipinski definition) is 1. The van der Waals surface area contributed by atoms with Crippen LogP contribution in [0, 0.1) is 0 Å². The van der Waals surface area contributed by atoms with Crippen molar-refractivity contribution in [1.82, 2.24) is 10.2 Å². The zero-order valence-electron chi connectivity index (χ0n) is 10.0.